The zero-order valence-electron chi connectivity index (χ0n) is 12.6. The average molecular weight is 324 g/mol. The molecule has 9 heteroatoms. The molecule has 118 valence electrons. The highest BCUT2D eigenvalue weighted by molar-refractivity contribution is 7.92. The van der Waals surface area contributed by atoms with Gasteiger partial charge in [0, 0.05) is 18.7 Å². The molecule has 1 heterocycles. The zero-order chi connectivity index (χ0) is 16.7. The number of nitro groups is 1. The van der Waals surface area contributed by atoms with Crippen molar-refractivity contribution in [3.63, 3.8) is 0 Å². The number of anilines is 1. The van der Waals surface area contributed by atoms with Crippen molar-refractivity contribution in [2.45, 2.75) is 25.7 Å². The van der Waals surface area contributed by atoms with Gasteiger partial charge in [0.1, 0.15) is 0 Å². The number of nitro benzene ring substituents is 1. The first-order valence-electron chi connectivity index (χ1n) is 6.41. The predicted octanol–water partition coefficient (Wildman–Crippen LogP) is 2.05. The van der Waals surface area contributed by atoms with Gasteiger partial charge in [-0.05, 0) is 26.8 Å². The lowest BCUT2D eigenvalue weighted by Gasteiger charge is -2.09. The molecule has 0 bridgehead atoms. The highest BCUT2D eigenvalue weighted by atomic mass is 32.2. The second-order valence-corrected chi connectivity index (χ2v) is 6.66. The summed E-state index contributed by atoms with van der Waals surface area (Å²) >= 11 is 0. The Morgan fingerprint density at radius 2 is 1.91 bits per heavy atom. The Kier molecular flexibility index (Phi) is 3.92. The van der Waals surface area contributed by atoms with Gasteiger partial charge in [0.2, 0.25) is 0 Å². The fourth-order valence-electron chi connectivity index (χ4n) is 2.07. The van der Waals surface area contributed by atoms with E-state index in [0.29, 0.717) is 22.6 Å². The summed E-state index contributed by atoms with van der Waals surface area (Å²) in [5.74, 6) is 0. The number of nitrogens with one attached hydrogen (secondary N) is 1. The highest BCUT2D eigenvalue weighted by Gasteiger charge is 2.22. The van der Waals surface area contributed by atoms with Gasteiger partial charge in [-0.15, -0.1) is 0 Å². The van der Waals surface area contributed by atoms with Gasteiger partial charge in [0.05, 0.1) is 26.9 Å². The third kappa shape index (κ3) is 2.80. The van der Waals surface area contributed by atoms with E-state index in [1.54, 1.807) is 32.5 Å². The standard InChI is InChI=1S/C13H16N4O4S/c1-8-5-6-11(7-12(8)17(18)19)22(20,21)15-13-9(2)14-16(4)10(13)3/h5-7,15H,1-4H3. The fourth-order valence-corrected chi connectivity index (χ4v) is 3.26. The van der Waals surface area contributed by atoms with Crippen molar-refractivity contribution in [3.05, 3.63) is 45.3 Å². The van der Waals surface area contributed by atoms with Crippen molar-refractivity contribution in [3.8, 4) is 0 Å². The molecule has 2 rings (SSSR count). The summed E-state index contributed by atoms with van der Waals surface area (Å²) in [6, 6.07) is 3.81. The van der Waals surface area contributed by atoms with Crippen LogP contribution in [0.5, 0.6) is 0 Å². The van der Waals surface area contributed by atoms with E-state index in [1.165, 1.54) is 12.1 Å². The quantitative estimate of drug-likeness (QED) is 0.684. The van der Waals surface area contributed by atoms with E-state index >= 15 is 0 Å². The summed E-state index contributed by atoms with van der Waals surface area (Å²) in [4.78, 5) is 10.2. The smallest absolute Gasteiger partial charge is 0.273 e. The summed E-state index contributed by atoms with van der Waals surface area (Å²) in [7, 11) is -2.22. The topological polar surface area (TPSA) is 107 Å². The molecular weight excluding hydrogens is 308 g/mol. The second kappa shape index (κ2) is 5.41. The summed E-state index contributed by atoms with van der Waals surface area (Å²) in [5.41, 5.74) is 1.73. The predicted molar refractivity (Wildman–Crippen MR) is 81.3 cm³/mol. The molecular formula is C13H16N4O4S. The van der Waals surface area contributed by atoms with E-state index in [4.69, 9.17) is 0 Å². The van der Waals surface area contributed by atoms with Gasteiger partial charge in [-0.2, -0.15) is 5.10 Å². The van der Waals surface area contributed by atoms with Crippen LogP contribution in [0.15, 0.2) is 23.1 Å². The minimum atomic E-state index is -3.93. The number of aryl methyl sites for hydroxylation is 3. The number of hydrogen-bond donors (Lipinski definition) is 1. The SMILES string of the molecule is Cc1ccc(S(=O)(=O)Nc2c(C)nn(C)c2C)cc1[N+](=O)[O-]. The molecule has 8 nitrogen and oxygen atoms in total. The maximum Gasteiger partial charge on any atom is 0.273 e. The third-order valence-electron chi connectivity index (χ3n) is 3.43. The van der Waals surface area contributed by atoms with Crippen LogP contribution in [0.1, 0.15) is 17.0 Å². The minimum Gasteiger partial charge on any atom is -0.276 e. The molecule has 1 aromatic heterocycles. The van der Waals surface area contributed by atoms with Crippen LogP contribution >= 0.6 is 0 Å². The van der Waals surface area contributed by atoms with Gasteiger partial charge in [-0.1, -0.05) is 6.07 Å². The normalized spacial score (nSPS) is 11.5. The molecule has 0 unspecified atom stereocenters. The van der Waals surface area contributed by atoms with Gasteiger partial charge in [0.25, 0.3) is 15.7 Å². The van der Waals surface area contributed by atoms with Gasteiger partial charge in [-0.25, -0.2) is 8.42 Å². The minimum absolute atomic E-state index is 0.160. The van der Waals surface area contributed by atoms with Crippen molar-refractivity contribution >= 4 is 21.4 Å². The van der Waals surface area contributed by atoms with Crippen LogP contribution in [0, 0.1) is 30.9 Å². The molecule has 0 saturated carbocycles. The maximum atomic E-state index is 12.4. The van der Waals surface area contributed by atoms with E-state index in [-0.39, 0.29) is 10.6 Å². The Hall–Kier alpha value is -2.42. The van der Waals surface area contributed by atoms with Crippen LogP contribution in [0.25, 0.3) is 0 Å². The number of hydrogen-bond acceptors (Lipinski definition) is 5. The summed E-state index contributed by atoms with van der Waals surface area (Å²) in [6.07, 6.45) is 0. The van der Waals surface area contributed by atoms with Crippen molar-refractivity contribution in [1.82, 2.24) is 9.78 Å². The molecule has 0 spiro atoms. The van der Waals surface area contributed by atoms with E-state index in [2.05, 4.69) is 9.82 Å². The highest BCUT2D eigenvalue weighted by Crippen LogP contribution is 2.26. The first-order chi connectivity index (χ1) is 10.1. The monoisotopic (exact) mass is 324 g/mol. The molecule has 0 fully saturated rings. The van der Waals surface area contributed by atoms with Crippen molar-refractivity contribution in [1.29, 1.82) is 0 Å². The number of rotatable bonds is 4. The van der Waals surface area contributed by atoms with Crippen LogP contribution in [0.3, 0.4) is 0 Å². The molecule has 0 radical (unpaired) electrons. The maximum absolute atomic E-state index is 12.4. The van der Waals surface area contributed by atoms with Crippen molar-refractivity contribution in [2.24, 2.45) is 7.05 Å². The van der Waals surface area contributed by atoms with Crippen molar-refractivity contribution in [2.75, 3.05) is 4.72 Å². The number of nitrogens with zero attached hydrogens (tertiary/aromatic N) is 3. The largest absolute Gasteiger partial charge is 0.276 e. The average Bonchev–Trinajstić information content (AvgIpc) is 2.65. The van der Waals surface area contributed by atoms with Crippen LogP contribution in [0.4, 0.5) is 11.4 Å². The van der Waals surface area contributed by atoms with Gasteiger partial charge < -0.3 is 0 Å². The molecule has 1 N–H and O–H groups in total. The first-order valence-corrected chi connectivity index (χ1v) is 7.90. The Labute approximate surface area is 128 Å². The van der Waals surface area contributed by atoms with E-state index in [1.807, 2.05) is 0 Å². The van der Waals surface area contributed by atoms with Gasteiger partial charge in [0.15, 0.2) is 0 Å². The van der Waals surface area contributed by atoms with Crippen LogP contribution in [0.2, 0.25) is 0 Å². The first kappa shape index (κ1) is 16.0. The van der Waals surface area contributed by atoms with Crippen LogP contribution in [-0.4, -0.2) is 23.1 Å². The fraction of sp³-hybridized carbons (Fsp3) is 0.308. The summed E-state index contributed by atoms with van der Waals surface area (Å²) < 4.78 is 28.9. The molecule has 0 aliphatic rings. The van der Waals surface area contributed by atoms with E-state index in [9.17, 15) is 18.5 Å². The van der Waals surface area contributed by atoms with Gasteiger partial charge in [-0.3, -0.25) is 19.5 Å². The van der Waals surface area contributed by atoms with Crippen LogP contribution in [-0.2, 0) is 17.1 Å². The number of benzene rings is 1. The Morgan fingerprint density at radius 1 is 1.27 bits per heavy atom. The third-order valence-corrected chi connectivity index (χ3v) is 4.78. The van der Waals surface area contributed by atoms with E-state index in [0.717, 1.165) is 6.07 Å². The number of sulfonamides is 1. The van der Waals surface area contributed by atoms with Gasteiger partial charge >= 0.3 is 0 Å². The lowest BCUT2D eigenvalue weighted by atomic mass is 10.2. The molecule has 2 aromatic rings. The van der Waals surface area contributed by atoms with E-state index < -0.39 is 14.9 Å². The molecule has 0 amide bonds. The Morgan fingerprint density at radius 3 is 2.41 bits per heavy atom. The molecule has 0 atom stereocenters. The molecule has 0 saturated heterocycles. The zero-order valence-corrected chi connectivity index (χ0v) is 13.4. The summed E-state index contributed by atoms with van der Waals surface area (Å²) in [6.45, 7) is 4.97. The summed E-state index contributed by atoms with van der Waals surface area (Å²) in [5, 5.41) is 15.1. The lowest BCUT2D eigenvalue weighted by molar-refractivity contribution is -0.385. The number of aromatic nitrogens is 2. The second-order valence-electron chi connectivity index (χ2n) is 4.98. The molecule has 0 aliphatic carbocycles. The molecule has 0 aliphatic heterocycles. The Bertz CT molecular complexity index is 855. The molecule has 1 aromatic carbocycles. The lowest BCUT2D eigenvalue weighted by Crippen LogP contribution is -2.14. The van der Waals surface area contributed by atoms with Crippen molar-refractivity contribution < 1.29 is 13.3 Å². The molecule has 22 heavy (non-hydrogen) atoms. The van der Waals surface area contributed by atoms with Crippen LogP contribution < -0.4 is 4.72 Å². The Balaban J connectivity index is 2.47.